The van der Waals surface area contributed by atoms with Gasteiger partial charge in [0.05, 0.1) is 0 Å². The highest BCUT2D eigenvalue weighted by molar-refractivity contribution is 5.84. The van der Waals surface area contributed by atoms with E-state index in [4.69, 9.17) is 4.74 Å². The number of fused-ring (bicyclic) bond motifs is 1. The maximum Gasteiger partial charge on any atom is 0.252 e. The number of amides is 1. The van der Waals surface area contributed by atoms with Crippen LogP contribution in [0.5, 0.6) is 0 Å². The number of aryl methyl sites for hydroxylation is 1. The maximum absolute atomic E-state index is 12.5. The molecule has 2 N–H and O–H groups in total. The lowest BCUT2D eigenvalue weighted by Crippen LogP contribution is -2.48. The van der Waals surface area contributed by atoms with Crippen LogP contribution >= 0.6 is 0 Å². The molecule has 0 aromatic carbocycles. The van der Waals surface area contributed by atoms with Gasteiger partial charge in [-0.1, -0.05) is 0 Å². The topological polar surface area (TPSA) is 63.2 Å². The molecule has 5 heteroatoms. The molecule has 5 nitrogen and oxygen atoms in total. The van der Waals surface area contributed by atoms with Gasteiger partial charge in [0.1, 0.15) is 5.60 Å². The fraction of sp³-hybridized carbons (Fsp3) is 0.647. The Bertz CT molecular complexity index is 565. The van der Waals surface area contributed by atoms with Gasteiger partial charge in [-0.15, -0.1) is 0 Å². The molecule has 3 heterocycles. The zero-order valence-corrected chi connectivity index (χ0v) is 13.5. The first-order valence-corrected chi connectivity index (χ1v) is 8.19. The van der Waals surface area contributed by atoms with Gasteiger partial charge in [-0.05, 0) is 62.8 Å². The SMILES string of the molecule is Cc1ncc2c(c1CNC(=O)[C@]1(C)CCCCO1)CCNC2. The van der Waals surface area contributed by atoms with Gasteiger partial charge in [-0.25, -0.2) is 0 Å². The summed E-state index contributed by atoms with van der Waals surface area (Å²) in [5.41, 5.74) is 4.11. The summed E-state index contributed by atoms with van der Waals surface area (Å²) in [5.74, 6) is -0.00172. The van der Waals surface area contributed by atoms with E-state index in [9.17, 15) is 4.79 Å². The minimum Gasteiger partial charge on any atom is -0.365 e. The van der Waals surface area contributed by atoms with Gasteiger partial charge in [0.25, 0.3) is 5.91 Å². The summed E-state index contributed by atoms with van der Waals surface area (Å²) in [5, 5.41) is 6.44. The zero-order chi connectivity index (χ0) is 15.6. The van der Waals surface area contributed by atoms with Crippen LogP contribution < -0.4 is 10.6 Å². The summed E-state index contributed by atoms with van der Waals surface area (Å²) < 4.78 is 5.72. The van der Waals surface area contributed by atoms with Crippen molar-refractivity contribution in [2.75, 3.05) is 13.2 Å². The van der Waals surface area contributed by atoms with E-state index in [-0.39, 0.29) is 5.91 Å². The molecule has 120 valence electrons. The molecule has 1 amide bonds. The molecule has 2 aliphatic rings. The summed E-state index contributed by atoms with van der Waals surface area (Å²) in [6, 6.07) is 0. The van der Waals surface area contributed by atoms with Crippen molar-refractivity contribution in [1.29, 1.82) is 0 Å². The third-order valence-electron chi connectivity index (χ3n) is 4.84. The van der Waals surface area contributed by atoms with E-state index in [1.165, 1.54) is 16.7 Å². The van der Waals surface area contributed by atoms with Crippen molar-refractivity contribution in [3.63, 3.8) is 0 Å². The Labute approximate surface area is 131 Å². The van der Waals surface area contributed by atoms with E-state index in [0.717, 1.165) is 44.5 Å². The van der Waals surface area contributed by atoms with Crippen molar-refractivity contribution in [2.45, 2.75) is 58.2 Å². The fourth-order valence-corrected chi connectivity index (χ4v) is 3.35. The van der Waals surface area contributed by atoms with Crippen molar-refractivity contribution >= 4 is 5.91 Å². The van der Waals surface area contributed by atoms with Gasteiger partial charge in [0, 0.05) is 31.6 Å². The first-order valence-electron chi connectivity index (χ1n) is 8.19. The summed E-state index contributed by atoms with van der Waals surface area (Å²) in [7, 11) is 0. The number of hydrogen-bond donors (Lipinski definition) is 2. The Morgan fingerprint density at radius 2 is 2.36 bits per heavy atom. The first-order chi connectivity index (χ1) is 10.6. The second-order valence-corrected chi connectivity index (χ2v) is 6.47. The van der Waals surface area contributed by atoms with Crippen molar-refractivity contribution < 1.29 is 9.53 Å². The molecule has 0 unspecified atom stereocenters. The first kappa shape index (κ1) is 15.4. The van der Waals surface area contributed by atoms with Gasteiger partial charge in [0.15, 0.2) is 0 Å². The fourth-order valence-electron chi connectivity index (χ4n) is 3.35. The molecule has 1 fully saturated rings. The molecule has 1 saturated heterocycles. The lowest BCUT2D eigenvalue weighted by atomic mass is 9.93. The number of rotatable bonds is 3. The van der Waals surface area contributed by atoms with Crippen LogP contribution in [0, 0.1) is 6.92 Å². The van der Waals surface area contributed by atoms with E-state index in [1.54, 1.807) is 0 Å². The van der Waals surface area contributed by atoms with E-state index < -0.39 is 5.60 Å². The van der Waals surface area contributed by atoms with Crippen molar-refractivity contribution in [2.24, 2.45) is 0 Å². The third-order valence-corrected chi connectivity index (χ3v) is 4.84. The van der Waals surface area contributed by atoms with Crippen LogP contribution in [0.4, 0.5) is 0 Å². The van der Waals surface area contributed by atoms with Crippen molar-refractivity contribution in [1.82, 2.24) is 15.6 Å². The van der Waals surface area contributed by atoms with Crippen molar-refractivity contribution in [3.8, 4) is 0 Å². The summed E-state index contributed by atoms with van der Waals surface area (Å²) >= 11 is 0. The maximum atomic E-state index is 12.5. The molecule has 0 saturated carbocycles. The van der Waals surface area contributed by atoms with Crippen LogP contribution in [0.1, 0.15) is 48.6 Å². The van der Waals surface area contributed by atoms with Crippen LogP contribution in [-0.4, -0.2) is 29.6 Å². The Kier molecular flexibility index (Phi) is 4.45. The Hall–Kier alpha value is -1.46. The number of carbonyl (C=O) groups excluding carboxylic acids is 1. The number of aromatic nitrogens is 1. The molecular formula is C17H25N3O2. The standard InChI is InChI=1S/C17H25N3O2/c1-12-15(14-5-7-18-9-13(14)10-19-12)11-20-16(21)17(2)6-3-4-8-22-17/h10,18H,3-9,11H2,1-2H3,(H,20,21)/t17-/m0/s1. The minimum atomic E-state index is -0.671. The number of ether oxygens (including phenoxy) is 1. The molecule has 1 atom stereocenters. The molecule has 1 aromatic heterocycles. The third kappa shape index (κ3) is 3.01. The highest BCUT2D eigenvalue weighted by atomic mass is 16.5. The Morgan fingerprint density at radius 3 is 3.14 bits per heavy atom. The lowest BCUT2D eigenvalue weighted by Gasteiger charge is -2.32. The van der Waals surface area contributed by atoms with Crippen LogP contribution in [0.2, 0.25) is 0 Å². The van der Waals surface area contributed by atoms with Gasteiger partial charge < -0.3 is 15.4 Å². The second-order valence-electron chi connectivity index (χ2n) is 6.47. The summed E-state index contributed by atoms with van der Waals surface area (Å²) in [6.07, 6.45) is 5.85. The highest BCUT2D eigenvalue weighted by Crippen LogP contribution is 2.25. The molecule has 0 bridgehead atoms. The van der Waals surface area contributed by atoms with E-state index in [2.05, 4.69) is 15.6 Å². The quantitative estimate of drug-likeness (QED) is 0.890. The Morgan fingerprint density at radius 1 is 1.50 bits per heavy atom. The van der Waals surface area contributed by atoms with E-state index in [1.807, 2.05) is 20.0 Å². The van der Waals surface area contributed by atoms with Crippen LogP contribution in [0.15, 0.2) is 6.20 Å². The monoisotopic (exact) mass is 303 g/mol. The Balaban J connectivity index is 1.72. The van der Waals surface area contributed by atoms with Gasteiger partial charge in [-0.2, -0.15) is 0 Å². The predicted molar refractivity (Wildman–Crippen MR) is 84.4 cm³/mol. The molecule has 1 aromatic rings. The van der Waals surface area contributed by atoms with Gasteiger partial charge in [-0.3, -0.25) is 9.78 Å². The van der Waals surface area contributed by atoms with Crippen LogP contribution in [0.25, 0.3) is 0 Å². The zero-order valence-electron chi connectivity index (χ0n) is 13.5. The summed E-state index contributed by atoms with van der Waals surface area (Å²) in [4.78, 5) is 17.0. The number of nitrogens with one attached hydrogen (secondary N) is 2. The predicted octanol–water partition coefficient (Wildman–Crippen LogP) is 1.61. The van der Waals surface area contributed by atoms with Crippen LogP contribution in [0.3, 0.4) is 0 Å². The normalized spacial score (nSPS) is 24.6. The molecule has 0 radical (unpaired) electrons. The lowest BCUT2D eigenvalue weighted by molar-refractivity contribution is -0.150. The van der Waals surface area contributed by atoms with E-state index in [0.29, 0.717) is 13.2 Å². The second kappa shape index (κ2) is 6.34. The molecule has 22 heavy (non-hydrogen) atoms. The summed E-state index contributed by atoms with van der Waals surface area (Å²) in [6.45, 7) is 6.99. The smallest absolute Gasteiger partial charge is 0.252 e. The molecule has 0 aliphatic carbocycles. The van der Waals surface area contributed by atoms with Crippen molar-refractivity contribution in [3.05, 3.63) is 28.6 Å². The molecular weight excluding hydrogens is 278 g/mol. The van der Waals surface area contributed by atoms with Gasteiger partial charge >= 0.3 is 0 Å². The van der Waals surface area contributed by atoms with Crippen LogP contribution in [-0.2, 0) is 29.0 Å². The molecule has 3 rings (SSSR count). The number of hydrogen-bond acceptors (Lipinski definition) is 4. The highest BCUT2D eigenvalue weighted by Gasteiger charge is 2.35. The number of carbonyl (C=O) groups is 1. The molecule has 0 spiro atoms. The average Bonchev–Trinajstić information content (AvgIpc) is 2.54. The number of pyridine rings is 1. The minimum absolute atomic E-state index is 0.00172. The molecule has 2 aliphatic heterocycles. The van der Waals surface area contributed by atoms with E-state index >= 15 is 0 Å². The average molecular weight is 303 g/mol. The largest absolute Gasteiger partial charge is 0.365 e. The number of nitrogens with zero attached hydrogens (tertiary/aromatic N) is 1. The van der Waals surface area contributed by atoms with Gasteiger partial charge in [0.2, 0.25) is 0 Å².